The third-order valence-electron chi connectivity index (χ3n) is 10.4. The van der Waals surface area contributed by atoms with Crippen LogP contribution in [0.15, 0.2) is 54.6 Å². The summed E-state index contributed by atoms with van der Waals surface area (Å²) in [4.78, 5) is 51.2. The van der Waals surface area contributed by atoms with Crippen molar-refractivity contribution in [3.8, 4) is 0 Å². The number of amides is 1. The number of ether oxygens (including phenoxy) is 1. The molecule has 2 fully saturated rings. The molecule has 1 aromatic rings. The standard InChI is InChI=1S/C36H53NO6Si/c1-23(19-24(2)21-38)15-14-18-29-33(43-44(9,10)35(6,7)8)26(4)25(3)32-30(20-28-16-12-11-13-17-28)37-34(41)36(29,32)31(22-39)42-27(5)40/h11-14,16-18,21-25,29-33H,4,15,19-20H2,1-3,5-10H3,(H,37,41)/b18-14+/t23-,24-,25+,29-,30-,31+,32-,33+,36+/m0/s1. The van der Waals surface area contributed by atoms with Gasteiger partial charge in [-0.3, -0.25) is 14.4 Å². The average molecular weight is 624 g/mol. The molecule has 1 heterocycles. The number of carbonyl (C=O) groups excluding carboxylic acids is 4. The monoisotopic (exact) mass is 623 g/mol. The van der Waals surface area contributed by atoms with Gasteiger partial charge in [-0.05, 0) is 60.4 Å². The zero-order valence-electron chi connectivity index (χ0n) is 28.1. The second-order valence-corrected chi connectivity index (χ2v) is 19.5. The van der Waals surface area contributed by atoms with E-state index < -0.39 is 43.7 Å². The van der Waals surface area contributed by atoms with Crippen LogP contribution < -0.4 is 5.32 Å². The Hall–Kier alpha value is -2.84. The molecule has 8 heteroatoms. The number of esters is 1. The van der Waals surface area contributed by atoms with Gasteiger partial charge in [0.1, 0.15) is 11.7 Å². The van der Waals surface area contributed by atoms with Crippen molar-refractivity contribution < 1.29 is 28.3 Å². The Morgan fingerprint density at radius 1 is 1.14 bits per heavy atom. The lowest BCUT2D eigenvalue weighted by atomic mass is 9.51. The van der Waals surface area contributed by atoms with Crippen molar-refractivity contribution in [2.75, 3.05) is 0 Å². The third-order valence-corrected chi connectivity index (χ3v) is 14.8. The van der Waals surface area contributed by atoms with Crippen LogP contribution in [0.5, 0.6) is 0 Å². The number of benzene rings is 1. The largest absolute Gasteiger partial charge is 0.454 e. The lowest BCUT2D eigenvalue weighted by molar-refractivity contribution is -0.173. The SMILES string of the molecule is C=C1[C@@H](C)[C@H]2[C@H](Cc3ccccc3)NC(=O)[C@@]2([C@@H](C=O)OC(C)=O)[C@@H](/C=C/C[C@H](C)C[C@H](C)C=O)[C@@H]1O[Si](C)(C)C(C)(C)C. The van der Waals surface area contributed by atoms with Gasteiger partial charge < -0.3 is 19.3 Å². The van der Waals surface area contributed by atoms with E-state index in [1.807, 2.05) is 49.4 Å². The van der Waals surface area contributed by atoms with E-state index in [4.69, 9.17) is 9.16 Å². The number of allylic oxidation sites excluding steroid dienone is 1. The van der Waals surface area contributed by atoms with Crippen LogP contribution in [0.2, 0.25) is 18.1 Å². The molecule has 9 atom stereocenters. The van der Waals surface area contributed by atoms with E-state index in [1.54, 1.807) is 0 Å². The van der Waals surface area contributed by atoms with Gasteiger partial charge in [0, 0.05) is 30.7 Å². The Labute approximate surface area is 265 Å². The minimum atomic E-state index is -2.41. The number of hydrogen-bond acceptors (Lipinski definition) is 6. The minimum Gasteiger partial charge on any atom is -0.454 e. The van der Waals surface area contributed by atoms with Gasteiger partial charge in [0.15, 0.2) is 20.7 Å². The van der Waals surface area contributed by atoms with Gasteiger partial charge in [-0.25, -0.2) is 0 Å². The predicted molar refractivity (Wildman–Crippen MR) is 176 cm³/mol. The Kier molecular flexibility index (Phi) is 11.4. The molecule has 1 N–H and O–H groups in total. The molecule has 0 bridgehead atoms. The first-order valence-electron chi connectivity index (χ1n) is 16.0. The highest BCUT2D eigenvalue weighted by Gasteiger charge is 2.70. The highest BCUT2D eigenvalue weighted by Crippen LogP contribution is 2.59. The van der Waals surface area contributed by atoms with Gasteiger partial charge in [0.2, 0.25) is 5.91 Å². The third kappa shape index (κ3) is 7.17. The van der Waals surface area contributed by atoms with Crippen LogP contribution in [0.4, 0.5) is 0 Å². The predicted octanol–water partition coefficient (Wildman–Crippen LogP) is 6.48. The number of nitrogens with one attached hydrogen (secondary N) is 1. The molecule has 7 nitrogen and oxygen atoms in total. The molecular weight excluding hydrogens is 570 g/mol. The maximum atomic E-state index is 14.6. The molecule has 1 amide bonds. The molecule has 2 aliphatic rings. The fraction of sp³-hybridized carbons (Fsp3) is 0.611. The van der Waals surface area contributed by atoms with Crippen LogP contribution in [-0.2, 0) is 34.8 Å². The van der Waals surface area contributed by atoms with Crippen LogP contribution in [0, 0.1) is 35.0 Å². The number of carbonyl (C=O) groups is 4. The smallest absolute Gasteiger partial charge is 0.303 e. The van der Waals surface area contributed by atoms with Crippen LogP contribution in [-0.4, -0.2) is 51.0 Å². The Morgan fingerprint density at radius 3 is 2.32 bits per heavy atom. The van der Waals surface area contributed by atoms with Crippen molar-refractivity contribution in [3.63, 3.8) is 0 Å². The lowest BCUT2D eigenvalue weighted by Gasteiger charge is -2.55. The molecule has 44 heavy (non-hydrogen) atoms. The summed E-state index contributed by atoms with van der Waals surface area (Å²) < 4.78 is 12.9. The second-order valence-electron chi connectivity index (χ2n) is 14.7. The number of aldehydes is 2. The zero-order valence-corrected chi connectivity index (χ0v) is 29.1. The molecule has 242 valence electrons. The van der Waals surface area contributed by atoms with Crippen molar-refractivity contribution in [3.05, 3.63) is 60.2 Å². The molecule has 0 unspecified atom stereocenters. The van der Waals surface area contributed by atoms with Gasteiger partial charge in [-0.1, -0.05) is 90.6 Å². The van der Waals surface area contributed by atoms with Gasteiger partial charge >= 0.3 is 5.97 Å². The molecule has 1 aliphatic heterocycles. The first-order valence-corrected chi connectivity index (χ1v) is 18.9. The maximum Gasteiger partial charge on any atom is 0.303 e. The van der Waals surface area contributed by atoms with E-state index >= 15 is 0 Å². The van der Waals surface area contributed by atoms with Gasteiger partial charge in [0.25, 0.3) is 0 Å². The summed E-state index contributed by atoms with van der Waals surface area (Å²) in [5, 5.41) is 3.13. The molecular formula is C36H53NO6Si. The summed E-state index contributed by atoms with van der Waals surface area (Å²) in [6.07, 6.45) is 5.75. The summed E-state index contributed by atoms with van der Waals surface area (Å²) in [6, 6.07) is 9.64. The Bertz CT molecular complexity index is 1240. The molecule has 3 rings (SSSR count). The summed E-state index contributed by atoms with van der Waals surface area (Å²) in [5.74, 6) is -1.97. The number of hydrogen-bond donors (Lipinski definition) is 1. The second kappa shape index (κ2) is 14.1. The number of fused-ring (bicyclic) bond motifs is 1. The molecule has 0 radical (unpaired) electrons. The lowest BCUT2D eigenvalue weighted by Crippen LogP contribution is -2.63. The van der Waals surface area contributed by atoms with Crippen molar-refractivity contribution in [2.45, 2.75) is 104 Å². The van der Waals surface area contributed by atoms with Crippen molar-refractivity contribution in [2.24, 2.45) is 35.0 Å². The van der Waals surface area contributed by atoms with E-state index in [0.29, 0.717) is 19.1 Å². The van der Waals surface area contributed by atoms with Crippen LogP contribution in [0.1, 0.15) is 66.9 Å². The Morgan fingerprint density at radius 2 is 1.77 bits per heavy atom. The Balaban J connectivity index is 2.24. The molecule has 0 aromatic heterocycles. The van der Waals surface area contributed by atoms with Gasteiger partial charge in [0.05, 0.1) is 6.10 Å². The zero-order chi connectivity index (χ0) is 33.0. The first kappa shape index (κ1) is 35.6. The minimum absolute atomic E-state index is 0.0538. The highest BCUT2D eigenvalue weighted by atomic mass is 28.4. The van der Waals surface area contributed by atoms with Crippen LogP contribution >= 0.6 is 0 Å². The molecule has 1 saturated carbocycles. The molecule has 0 spiro atoms. The number of rotatable bonds is 13. The summed E-state index contributed by atoms with van der Waals surface area (Å²) >= 11 is 0. The van der Waals surface area contributed by atoms with Crippen molar-refractivity contribution in [1.29, 1.82) is 0 Å². The quantitative estimate of drug-likeness (QED) is 0.117. The first-order chi connectivity index (χ1) is 20.5. The van der Waals surface area contributed by atoms with Crippen molar-refractivity contribution in [1.82, 2.24) is 5.32 Å². The topological polar surface area (TPSA) is 98.8 Å². The van der Waals surface area contributed by atoms with Gasteiger partial charge in [-0.15, -0.1) is 0 Å². The normalized spacial score (nSPS) is 29.4. The average Bonchev–Trinajstić information content (AvgIpc) is 3.23. The molecule has 1 saturated heterocycles. The molecule has 1 aliphatic carbocycles. The highest BCUT2D eigenvalue weighted by molar-refractivity contribution is 6.74. The maximum absolute atomic E-state index is 14.6. The summed E-state index contributed by atoms with van der Waals surface area (Å²) in [7, 11) is -2.41. The molecule has 1 aromatic carbocycles. The van der Waals surface area contributed by atoms with E-state index in [2.05, 4.69) is 59.6 Å². The van der Waals surface area contributed by atoms with E-state index in [1.165, 1.54) is 6.92 Å². The van der Waals surface area contributed by atoms with E-state index in [9.17, 15) is 19.2 Å². The fourth-order valence-electron chi connectivity index (χ4n) is 7.09. The van der Waals surface area contributed by atoms with Crippen LogP contribution in [0.25, 0.3) is 0 Å². The van der Waals surface area contributed by atoms with Gasteiger partial charge in [-0.2, -0.15) is 0 Å². The van der Waals surface area contributed by atoms with Crippen LogP contribution in [0.3, 0.4) is 0 Å². The van der Waals surface area contributed by atoms with Crippen molar-refractivity contribution >= 4 is 32.8 Å². The fourth-order valence-corrected chi connectivity index (χ4v) is 8.38. The van der Waals surface area contributed by atoms with E-state index in [-0.39, 0.29) is 34.7 Å². The van der Waals surface area contributed by atoms with E-state index in [0.717, 1.165) is 23.8 Å². The summed E-state index contributed by atoms with van der Waals surface area (Å²) in [5.41, 5.74) is 0.539. The summed E-state index contributed by atoms with van der Waals surface area (Å²) in [6.45, 7) is 22.7.